The van der Waals surface area contributed by atoms with Crippen molar-refractivity contribution in [1.29, 1.82) is 0 Å². The summed E-state index contributed by atoms with van der Waals surface area (Å²) < 4.78 is 28.2. The molecule has 1 heterocycles. The fraction of sp³-hybridized carbons (Fsp3) is 0.900. The van der Waals surface area contributed by atoms with Crippen molar-refractivity contribution in [3.8, 4) is 0 Å². The van der Waals surface area contributed by atoms with Gasteiger partial charge in [0.15, 0.2) is 15.4 Å². The summed E-state index contributed by atoms with van der Waals surface area (Å²) in [4.78, 5) is 11.2. The van der Waals surface area contributed by atoms with Crippen LogP contribution in [-0.4, -0.2) is 42.7 Å². The lowest BCUT2D eigenvalue weighted by Gasteiger charge is -2.39. The molecular formula is C10H16O5S. The van der Waals surface area contributed by atoms with Crippen molar-refractivity contribution >= 4 is 15.8 Å². The molecule has 0 aromatic rings. The third kappa shape index (κ3) is 2.22. The van der Waals surface area contributed by atoms with E-state index in [1.807, 2.05) is 0 Å². The number of carboxylic acids is 1. The molecule has 0 bridgehead atoms. The molecule has 0 unspecified atom stereocenters. The molecular weight excluding hydrogens is 232 g/mol. The quantitative estimate of drug-likeness (QED) is 0.790. The number of hydrogen-bond acceptors (Lipinski definition) is 4. The van der Waals surface area contributed by atoms with Crippen molar-refractivity contribution in [3.63, 3.8) is 0 Å². The van der Waals surface area contributed by atoms with Crippen LogP contribution in [0.1, 0.15) is 32.1 Å². The smallest absolute Gasteiger partial charge is 0.336 e. The molecule has 1 aliphatic heterocycles. The van der Waals surface area contributed by atoms with Crippen molar-refractivity contribution in [3.05, 3.63) is 0 Å². The minimum atomic E-state index is -3.06. The molecule has 16 heavy (non-hydrogen) atoms. The van der Waals surface area contributed by atoms with Gasteiger partial charge < -0.3 is 9.84 Å². The Hall–Kier alpha value is -0.620. The van der Waals surface area contributed by atoms with Gasteiger partial charge in [0.25, 0.3) is 0 Å². The highest BCUT2D eigenvalue weighted by Crippen LogP contribution is 2.34. The summed E-state index contributed by atoms with van der Waals surface area (Å²) in [5.74, 6) is -1.17. The van der Waals surface area contributed by atoms with E-state index >= 15 is 0 Å². The number of hydrogen-bond donors (Lipinski definition) is 1. The molecule has 6 heteroatoms. The third-order valence-electron chi connectivity index (χ3n) is 3.47. The number of aliphatic carboxylic acids is 1. The molecule has 0 aromatic heterocycles. The molecule has 0 amide bonds. The highest BCUT2D eigenvalue weighted by molar-refractivity contribution is 7.91. The van der Waals surface area contributed by atoms with Gasteiger partial charge in [0.1, 0.15) is 0 Å². The zero-order valence-electron chi connectivity index (χ0n) is 9.02. The SMILES string of the molecule is O=C(O)C1(OC2CCC2)CCS(=O)(=O)CC1. The molecule has 2 aliphatic rings. The second kappa shape index (κ2) is 4.00. The molecule has 1 saturated heterocycles. The van der Waals surface area contributed by atoms with E-state index in [-0.39, 0.29) is 30.5 Å². The van der Waals surface area contributed by atoms with Crippen LogP contribution in [0.25, 0.3) is 0 Å². The summed E-state index contributed by atoms with van der Waals surface area (Å²) in [6.45, 7) is 0. The Morgan fingerprint density at radius 3 is 2.19 bits per heavy atom. The molecule has 0 atom stereocenters. The van der Waals surface area contributed by atoms with Gasteiger partial charge in [-0.25, -0.2) is 13.2 Å². The fourth-order valence-corrected chi connectivity index (χ4v) is 3.54. The number of carbonyl (C=O) groups is 1. The van der Waals surface area contributed by atoms with Gasteiger partial charge in [-0.2, -0.15) is 0 Å². The van der Waals surface area contributed by atoms with Crippen LogP contribution < -0.4 is 0 Å². The minimum absolute atomic E-state index is 0.0110. The van der Waals surface area contributed by atoms with Crippen LogP contribution in [0.5, 0.6) is 0 Å². The van der Waals surface area contributed by atoms with Crippen LogP contribution in [0.3, 0.4) is 0 Å². The summed E-state index contributed by atoms with van der Waals surface area (Å²) in [6.07, 6.45) is 3.03. The summed E-state index contributed by atoms with van der Waals surface area (Å²) in [5, 5.41) is 9.21. The van der Waals surface area contributed by atoms with Gasteiger partial charge in [-0.15, -0.1) is 0 Å². The van der Waals surface area contributed by atoms with Gasteiger partial charge in [-0.05, 0) is 19.3 Å². The average Bonchev–Trinajstić information content (AvgIpc) is 2.14. The predicted molar refractivity (Wildman–Crippen MR) is 57.0 cm³/mol. The Bertz CT molecular complexity index is 368. The highest BCUT2D eigenvalue weighted by Gasteiger charge is 2.46. The molecule has 1 saturated carbocycles. The first-order valence-electron chi connectivity index (χ1n) is 5.55. The number of rotatable bonds is 3. The van der Waals surface area contributed by atoms with Crippen molar-refractivity contribution in [1.82, 2.24) is 0 Å². The second-order valence-electron chi connectivity index (χ2n) is 4.62. The molecule has 2 fully saturated rings. The molecule has 2 rings (SSSR count). The summed E-state index contributed by atoms with van der Waals surface area (Å²) in [5.41, 5.74) is -1.25. The Labute approximate surface area is 94.7 Å². The van der Waals surface area contributed by atoms with Gasteiger partial charge in [0.2, 0.25) is 0 Å². The van der Waals surface area contributed by atoms with Crippen LogP contribution in [0.15, 0.2) is 0 Å². The lowest BCUT2D eigenvalue weighted by Crippen LogP contribution is -2.51. The van der Waals surface area contributed by atoms with Crippen LogP contribution in [0.2, 0.25) is 0 Å². The first-order valence-corrected chi connectivity index (χ1v) is 7.37. The summed E-state index contributed by atoms with van der Waals surface area (Å²) >= 11 is 0. The lowest BCUT2D eigenvalue weighted by molar-refractivity contribution is -0.182. The van der Waals surface area contributed by atoms with E-state index in [2.05, 4.69) is 0 Å². The standard InChI is InChI=1S/C10H16O5S/c11-9(12)10(15-8-2-1-3-8)4-6-16(13,14)7-5-10/h8H,1-7H2,(H,11,12). The van der Waals surface area contributed by atoms with Gasteiger partial charge in [0.05, 0.1) is 17.6 Å². The molecule has 5 nitrogen and oxygen atoms in total. The maximum absolute atomic E-state index is 11.3. The van der Waals surface area contributed by atoms with E-state index in [0.717, 1.165) is 19.3 Å². The van der Waals surface area contributed by atoms with Crippen LogP contribution >= 0.6 is 0 Å². The van der Waals surface area contributed by atoms with Gasteiger partial charge in [-0.1, -0.05) is 0 Å². The number of ether oxygens (including phenoxy) is 1. The molecule has 92 valence electrons. The maximum atomic E-state index is 11.3. The number of sulfone groups is 1. The van der Waals surface area contributed by atoms with E-state index in [1.165, 1.54) is 0 Å². The molecule has 0 aromatic carbocycles. The van der Waals surface area contributed by atoms with Gasteiger partial charge >= 0.3 is 5.97 Å². The molecule has 0 radical (unpaired) electrons. The van der Waals surface area contributed by atoms with E-state index in [4.69, 9.17) is 4.74 Å². The summed E-state index contributed by atoms with van der Waals surface area (Å²) in [7, 11) is -3.06. The molecule has 0 spiro atoms. The Kier molecular flexibility index (Phi) is 2.96. The van der Waals surface area contributed by atoms with Crippen LogP contribution in [-0.2, 0) is 19.4 Å². The van der Waals surface area contributed by atoms with Crippen molar-refractivity contribution in [2.75, 3.05) is 11.5 Å². The van der Waals surface area contributed by atoms with E-state index < -0.39 is 21.4 Å². The number of carboxylic acid groups (broad SMARTS) is 1. The third-order valence-corrected chi connectivity index (χ3v) is 5.12. The van der Waals surface area contributed by atoms with Crippen LogP contribution in [0.4, 0.5) is 0 Å². The largest absolute Gasteiger partial charge is 0.479 e. The maximum Gasteiger partial charge on any atom is 0.336 e. The average molecular weight is 248 g/mol. The highest BCUT2D eigenvalue weighted by atomic mass is 32.2. The second-order valence-corrected chi connectivity index (χ2v) is 6.93. The van der Waals surface area contributed by atoms with Crippen molar-refractivity contribution in [2.45, 2.75) is 43.8 Å². The minimum Gasteiger partial charge on any atom is -0.479 e. The lowest BCUT2D eigenvalue weighted by atomic mass is 9.91. The van der Waals surface area contributed by atoms with Gasteiger partial charge in [0, 0.05) is 12.8 Å². The Morgan fingerprint density at radius 2 is 1.81 bits per heavy atom. The van der Waals surface area contributed by atoms with E-state index in [9.17, 15) is 18.3 Å². The van der Waals surface area contributed by atoms with Crippen LogP contribution in [0, 0.1) is 0 Å². The monoisotopic (exact) mass is 248 g/mol. The molecule has 1 aliphatic carbocycles. The zero-order valence-corrected chi connectivity index (χ0v) is 9.83. The van der Waals surface area contributed by atoms with E-state index in [1.54, 1.807) is 0 Å². The topological polar surface area (TPSA) is 80.7 Å². The van der Waals surface area contributed by atoms with Crippen molar-refractivity contribution in [2.24, 2.45) is 0 Å². The zero-order chi connectivity index (χ0) is 11.8. The predicted octanol–water partition coefficient (Wildman–Crippen LogP) is 0.588. The van der Waals surface area contributed by atoms with Gasteiger partial charge in [-0.3, -0.25) is 0 Å². The Morgan fingerprint density at radius 1 is 1.25 bits per heavy atom. The first kappa shape index (κ1) is 11.9. The fourth-order valence-electron chi connectivity index (χ4n) is 2.06. The molecule has 1 N–H and O–H groups in total. The Balaban J connectivity index is 2.08. The first-order chi connectivity index (χ1) is 7.44. The summed E-state index contributed by atoms with van der Waals surface area (Å²) in [6, 6.07) is 0. The van der Waals surface area contributed by atoms with E-state index in [0.29, 0.717) is 0 Å². The van der Waals surface area contributed by atoms with Crippen molar-refractivity contribution < 1.29 is 23.1 Å². The normalized spacial score (nSPS) is 28.2.